The van der Waals surface area contributed by atoms with E-state index in [1.165, 1.54) is 16.7 Å². The molecule has 8 heteroatoms. The Labute approximate surface area is 176 Å². The van der Waals surface area contributed by atoms with Crippen molar-refractivity contribution in [3.63, 3.8) is 0 Å². The summed E-state index contributed by atoms with van der Waals surface area (Å²) >= 11 is 0. The highest BCUT2D eigenvalue weighted by Crippen LogP contribution is 2.35. The zero-order chi connectivity index (χ0) is 21.4. The van der Waals surface area contributed by atoms with Gasteiger partial charge in [0.1, 0.15) is 0 Å². The van der Waals surface area contributed by atoms with Crippen LogP contribution >= 0.6 is 0 Å². The van der Waals surface area contributed by atoms with Crippen molar-refractivity contribution in [2.75, 3.05) is 49.3 Å². The third kappa shape index (κ3) is 3.94. The van der Waals surface area contributed by atoms with Crippen molar-refractivity contribution < 1.29 is 9.90 Å². The molecule has 0 spiro atoms. The number of benzene rings is 2. The summed E-state index contributed by atoms with van der Waals surface area (Å²) in [7, 11) is 4.17. The summed E-state index contributed by atoms with van der Waals surface area (Å²) in [5.74, 6) is -0.390. The number of nitrogens with zero attached hydrogens (tertiary/aromatic N) is 2. The molecule has 0 aromatic heterocycles. The minimum Gasteiger partial charge on any atom is -0.397 e. The van der Waals surface area contributed by atoms with Crippen molar-refractivity contribution in [2.24, 2.45) is 0 Å². The Bertz CT molecular complexity index is 977. The number of nitrogen functional groups attached to an aromatic ring is 2. The molecular weight excluding hydrogens is 380 g/mol. The zero-order valence-corrected chi connectivity index (χ0v) is 17.5. The topological polar surface area (TPSA) is 120 Å². The number of likely N-dealkylation sites (N-methyl/N-ethyl adjacent to an activating group) is 2. The van der Waals surface area contributed by atoms with Crippen LogP contribution in [0.1, 0.15) is 22.3 Å². The van der Waals surface area contributed by atoms with Crippen LogP contribution in [0, 0.1) is 0 Å². The molecule has 0 saturated carbocycles. The van der Waals surface area contributed by atoms with Crippen molar-refractivity contribution >= 4 is 28.7 Å². The predicted molar refractivity (Wildman–Crippen MR) is 120 cm³/mol. The average molecular weight is 411 g/mol. The van der Waals surface area contributed by atoms with Gasteiger partial charge in [-0.3, -0.25) is 4.79 Å². The van der Waals surface area contributed by atoms with Crippen molar-refractivity contribution in [2.45, 2.75) is 32.2 Å². The summed E-state index contributed by atoms with van der Waals surface area (Å²) in [5.41, 5.74) is 19.8. The van der Waals surface area contributed by atoms with E-state index in [0.29, 0.717) is 5.69 Å². The molecule has 1 atom stereocenters. The van der Waals surface area contributed by atoms with Crippen LogP contribution in [-0.4, -0.2) is 54.2 Å². The fourth-order valence-corrected chi connectivity index (χ4v) is 4.24. The van der Waals surface area contributed by atoms with Crippen LogP contribution in [0.3, 0.4) is 0 Å². The van der Waals surface area contributed by atoms with E-state index in [2.05, 4.69) is 46.7 Å². The molecule has 3 aliphatic rings. The Morgan fingerprint density at radius 2 is 1.57 bits per heavy atom. The normalized spacial score (nSPS) is 20.6. The highest BCUT2D eigenvalue weighted by atomic mass is 16.3. The molecule has 1 amide bonds. The minimum absolute atomic E-state index is 0.390. The Kier molecular flexibility index (Phi) is 5.55. The second-order valence-electron chi connectivity index (χ2n) is 8.34. The number of nitrogens with one attached hydrogen (secondary N) is 2. The van der Waals surface area contributed by atoms with E-state index in [1.807, 2.05) is 12.1 Å². The summed E-state index contributed by atoms with van der Waals surface area (Å²) in [6.07, 6.45) is 0.926. The number of amides is 1. The molecular formula is C22H30N6O2. The van der Waals surface area contributed by atoms with Gasteiger partial charge in [0.2, 0.25) is 6.23 Å². The largest absolute Gasteiger partial charge is 0.397 e. The maximum atomic E-state index is 11.5. The first-order chi connectivity index (χ1) is 14.3. The number of carbonyl (C=O) groups excluding carboxylic acids is 1. The van der Waals surface area contributed by atoms with Gasteiger partial charge in [0.25, 0.3) is 5.91 Å². The summed E-state index contributed by atoms with van der Waals surface area (Å²) in [6.45, 7) is 3.90. The second kappa shape index (κ2) is 8.14. The Balaban J connectivity index is 0.000000151. The van der Waals surface area contributed by atoms with E-state index in [0.717, 1.165) is 61.6 Å². The number of hydrogen-bond donors (Lipinski definition) is 5. The molecule has 0 radical (unpaired) electrons. The molecule has 5 rings (SSSR count). The first kappa shape index (κ1) is 20.5. The molecule has 2 aromatic rings. The van der Waals surface area contributed by atoms with Gasteiger partial charge in [-0.1, -0.05) is 12.1 Å². The summed E-state index contributed by atoms with van der Waals surface area (Å²) in [5, 5.41) is 15.0. The van der Waals surface area contributed by atoms with E-state index >= 15 is 0 Å². The molecule has 160 valence electrons. The zero-order valence-electron chi connectivity index (χ0n) is 17.5. The smallest absolute Gasteiger partial charge is 0.274 e. The van der Waals surface area contributed by atoms with Gasteiger partial charge in [-0.05, 0) is 61.3 Å². The molecule has 0 saturated heterocycles. The maximum Gasteiger partial charge on any atom is 0.274 e. The molecule has 0 aliphatic carbocycles. The number of fused-ring (bicyclic) bond motifs is 4. The monoisotopic (exact) mass is 410 g/mol. The third-order valence-corrected chi connectivity index (χ3v) is 6.07. The Morgan fingerprint density at radius 3 is 2.27 bits per heavy atom. The van der Waals surface area contributed by atoms with E-state index in [9.17, 15) is 9.90 Å². The number of rotatable bonds is 0. The minimum atomic E-state index is -1.15. The number of anilines is 4. The van der Waals surface area contributed by atoms with E-state index in [1.54, 1.807) is 0 Å². The Morgan fingerprint density at radius 1 is 0.967 bits per heavy atom. The van der Waals surface area contributed by atoms with Gasteiger partial charge in [-0.15, -0.1) is 0 Å². The summed E-state index contributed by atoms with van der Waals surface area (Å²) in [4.78, 5) is 16.0. The fraction of sp³-hybridized carbons (Fsp3) is 0.409. The lowest BCUT2D eigenvalue weighted by Crippen LogP contribution is -2.40. The highest BCUT2D eigenvalue weighted by Gasteiger charge is 2.27. The molecule has 7 N–H and O–H groups in total. The van der Waals surface area contributed by atoms with Crippen molar-refractivity contribution in [1.82, 2.24) is 9.80 Å². The molecule has 3 aliphatic heterocycles. The van der Waals surface area contributed by atoms with Crippen molar-refractivity contribution in [3.8, 4) is 0 Å². The Hall–Kier alpha value is -2.81. The van der Waals surface area contributed by atoms with Gasteiger partial charge in [0.05, 0.1) is 22.7 Å². The molecule has 2 aromatic carbocycles. The number of nitrogens with two attached hydrogens (primary N) is 2. The molecule has 3 heterocycles. The molecule has 30 heavy (non-hydrogen) atoms. The van der Waals surface area contributed by atoms with Crippen LogP contribution in [0.15, 0.2) is 24.3 Å². The number of hydrogen-bond acceptors (Lipinski definition) is 7. The summed E-state index contributed by atoms with van der Waals surface area (Å²) in [6, 6.07) is 7.98. The standard InChI is InChI=1S/C12H15N3O2.C10H15N3/c1-15-5-4-7-2-3-9-10(8(7)6-15)14-12(17)11(16)13-9;1-13-5-4-7-2-3-9(11)10(12)8(7)6-13/h2-3,11,13,16H,4-6H2,1H3,(H,14,17);2-3H,4-6,11-12H2,1H3. The van der Waals surface area contributed by atoms with Crippen LogP contribution in [0.4, 0.5) is 22.7 Å². The van der Waals surface area contributed by atoms with Crippen LogP contribution < -0.4 is 22.1 Å². The van der Waals surface area contributed by atoms with Gasteiger partial charge in [-0.2, -0.15) is 0 Å². The molecule has 8 nitrogen and oxygen atoms in total. The first-order valence-electron chi connectivity index (χ1n) is 10.3. The maximum absolute atomic E-state index is 11.5. The SMILES string of the molecule is CN1CCc2ccc(N)c(N)c2C1.CN1CCc2ccc3c(c2C1)NC(=O)C(O)N3. The third-order valence-electron chi connectivity index (χ3n) is 6.07. The second-order valence-corrected chi connectivity index (χ2v) is 8.34. The lowest BCUT2D eigenvalue weighted by Gasteiger charge is -2.31. The van der Waals surface area contributed by atoms with Crippen molar-refractivity contribution in [3.05, 3.63) is 46.5 Å². The average Bonchev–Trinajstić information content (AvgIpc) is 2.73. The van der Waals surface area contributed by atoms with Crippen LogP contribution in [0.5, 0.6) is 0 Å². The van der Waals surface area contributed by atoms with Crippen molar-refractivity contribution in [1.29, 1.82) is 0 Å². The lowest BCUT2D eigenvalue weighted by atomic mass is 9.96. The highest BCUT2D eigenvalue weighted by molar-refractivity contribution is 6.03. The van der Waals surface area contributed by atoms with Crippen LogP contribution in [0.2, 0.25) is 0 Å². The first-order valence-corrected chi connectivity index (χ1v) is 10.3. The van der Waals surface area contributed by atoms with Gasteiger partial charge < -0.3 is 37.0 Å². The molecule has 0 fully saturated rings. The molecule has 0 bridgehead atoms. The number of aliphatic hydroxyl groups excluding tert-OH is 1. The fourth-order valence-electron chi connectivity index (χ4n) is 4.24. The summed E-state index contributed by atoms with van der Waals surface area (Å²) < 4.78 is 0. The number of carbonyl (C=O) groups is 1. The molecule has 1 unspecified atom stereocenters. The number of aliphatic hydroxyl groups is 1. The van der Waals surface area contributed by atoms with Gasteiger partial charge in [0, 0.05) is 26.2 Å². The van der Waals surface area contributed by atoms with Gasteiger partial charge in [0.15, 0.2) is 0 Å². The quantitative estimate of drug-likeness (QED) is 0.414. The lowest BCUT2D eigenvalue weighted by molar-refractivity contribution is -0.122. The van der Waals surface area contributed by atoms with E-state index in [4.69, 9.17) is 11.5 Å². The van der Waals surface area contributed by atoms with Gasteiger partial charge in [-0.25, -0.2) is 0 Å². The van der Waals surface area contributed by atoms with Crippen LogP contribution in [-0.2, 0) is 30.7 Å². The van der Waals surface area contributed by atoms with E-state index in [-0.39, 0.29) is 5.91 Å². The van der Waals surface area contributed by atoms with Crippen LogP contribution in [0.25, 0.3) is 0 Å². The predicted octanol–water partition coefficient (Wildman–Crippen LogP) is 1.20. The van der Waals surface area contributed by atoms with E-state index < -0.39 is 6.23 Å². The van der Waals surface area contributed by atoms with Gasteiger partial charge >= 0.3 is 0 Å².